The van der Waals surface area contributed by atoms with Crippen LogP contribution in [0, 0.1) is 5.92 Å². The summed E-state index contributed by atoms with van der Waals surface area (Å²) in [7, 11) is -2.05. The normalized spacial score (nSPS) is 19.6. The number of benzene rings is 1. The van der Waals surface area contributed by atoms with Gasteiger partial charge in [0.05, 0.1) is 34.9 Å². The molecule has 1 aliphatic heterocycles. The van der Waals surface area contributed by atoms with E-state index in [1.165, 1.54) is 7.11 Å². The molecule has 0 saturated carbocycles. The molecule has 0 radical (unpaired) electrons. The summed E-state index contributed by atoms with van der Waals surface area (Å²) >= 11 is 0. The smallest absolute Gasteiger partial charge is 0.243 e. The lowest BCUT2D eigenvalue weighted by Crippen LogP contribution is -2.34. The molecule has 3 aromatic heterocycles. The molecule has 1 saturated heterocycles. The quantitative estimate of drug-likeness (QED) is 0.484. The first kappa shape index (κ1) is 20.7. The van der Waals surface area contributed by atoms with E-state index in [9.17, 15) is 8.42 Å². The van der Waals surface area contributed by atoms with Crippen LogP contribution in [-0.2, 0) is 16.6 Å². The second kappa shape index (κ2) is 8.07. The van der Waals surface area contributed by atoms with Crippen molar-refractivity contribution in [1.29, 1.82) is 0 Å². The largest absolute Gasteiger partial charge is 0.497 e. The van der Waals surface area contributed by atoms with Crippen molar-refractivity contribution < 1.29 is 13.2 Å². The topological polar surface area (TPSA) is 93.1 Å². The number of aromatic nitrogens is 4. The second-order valence-electron chi connectivity index (χ2n) is 8.26. The molecule has 8 nitrogen and oxygen atoms in total. The van der Waals surface area contributed by atoms with Crippen LogP contribution in [0.4, 0.5) is 0 Å². The molecule has 0 spiro atoms. The summed E-state index contributed by atoms with van der Waals surface area (Å²) in [5, 5.41) is 6.80. The van der Waals surface area contributed by atoms with E-state index in [2.05, 4.69) is 20.8 Å². The monoisotopic (exact) mass is 451 g/mol. The van der Waals surface area contributed by atoms with E-state index in [1.807, 2.05) is 31.5 Å². The molecular weight excluding hydrogens is 426 g/mol. The fraction of sp³-hybridized carbons (Fsp3) is 0.304. The molecule has 166 valence electrons. The lowest BCUT2D eigenvalue weighted by Gasteiger charge is -2.21. The fourth-order valence-electron chi connectivity index (χ4n) is 4.54. The number of fused-ring (bicyclic) bond motifs is 1. The van der Waals surface area contributed by atoms with Crippen molar-refractivity contribution in [1.82, 2.24) is 24.1 Å². The molecule has 1 fully saturated rings. The summed E-state index contributed by atoms with van der Waals surface area (Å²) in [5.74, 6) is 0.755. The summed E-state index contributed by atoms with van der Waals surface area (Å²) in [5.41, 5.74) is 3.77. The number of H-pyrrole nitrogens is 1. The van der Waals surface area contributed by atoms with Gasteiger partial charge in [0.15, 0.2) is 0 Å². The molecule has 0 unspecified atom stereocenters. The molecule has 9 heteroatoms. The number of hydrogen-bond acceptors (Lipinski definition) is 5. The first-order valence-corrected chi connectivity index (χ1v) is 12.0. The Bertz CT molecular complexity index is 1350. The molecular formula is C23H25N5O3S. The van der Waals surface area contributed by atoms with Crippen molar-refractivity contribution in [2.75, 3.05) is 13.7 Å². The van der Waals surface area contributed by atoms with Crippen LogP contribution in [0.5, 0.6) is 5.75 Å². The molecule has 1 aliphatic rings. The van der Waals surface area contributed by atoms with E-state index in [-0.39, 0.29) is 16.9 Å². The zero-order chi connectivity index (χ0) is 22.3. The summed E-state index contributed by atoms with van der Waals surface area (Å²) < 4.78 is 35.5. The number of nitrogens with zero attached hydrogens (tertiary/aromatic N) is 4. The Balaban J connectivity index is 1.35. The van der Waals surface area contributed by atoms with Crippen LogP contribution in [0.25, 0.3) is 22.3 Å². The van der Waals surface area contributed by atoms with Crippen molar-refractivity contribution in [2.45, 2.75) is 30.8 Å². The van der Waals surface area contributed by atoms with E-state index in [4.69, 9.17) is 9.72 Å². The van der Waals surface area contributed by atoms with Gasteiger partial charge in [-0.05, 0) is 49.6 Å². The van der Waals surface area contributed by atoms with Gasteiger partial charge in [0.2, 0.25) is 10.0 Å². The third-order valence-electron chi connectivity index (χ3n) is 6.13. The van der Waals surface area contributed by atoms with E-state index < -0.39 is 10.0 Å². The third-order valence-corrected chi connectivity index (χ3v) is 8.10. The Morgan fingerprint density at radius 1 is 1.22 bits per heavy atom. The van der Waals surface area contributed by atoms with Crippen LogP contribution in [0.15, 0.2) is 66.0 Å². The van der Waals surface area contributed by atoms with Gasteiger partial charge in [-0.1, -0.05) is 6.07 Å². The number of aromatic amines is 1. The Hall–Kier alpha value is -3.17. The van der Waals surface area contributed by atoms with Crippen LogP contribution in [0.3, 0.4) is 0 Å². The minimum atomic E-state index is -3.58. The van der Waals surface area contributed by atoms with E-state index >= 15 is 0 Å². The zero-order valence-electron chi connectivity index (χ0n) is 18.0. The molecule has 32 heavy (non-hydrogen) atoms. The fourth-order valence-corrected chi connectivity index (χ4v) is 6.29. The van der Waals surface area contributed by atoms with Gasteiger partial charge < -0.3 is 9.30 Å². The molecule has 0 amide bonds. The maximum Gasteiger partial charge on any atom is 0.243 e. The number of sulfonamides is 1. The second-order valence-corrected chi connectivity index (χ2v) is 10.2. The number of methoxy groups -OCH3 is 1. The van der Waals surface area contributed by atoms with Gasteiger partial charge in [-0.25, -0.2) is 13.4 Å². The van der Waals surface area contributed by atoms with Crippen LogP contribution in [0.2, 0.25) is 0 Å². The van der Waals surface area contributed by atoms with E-state index in [1.54, 1.807) is 34.8 Å². The molecule has 0 bridgehead atoms. The number of hydrogen-bond donors (Lipinski definition) is 1. The molecule has 1 aromatic carbocycles. The van der Waals surface area contributed by atoms with E-state index in [0.717, 1.165) is 35.3 Å². The number of rotatable bonds is 6. The van der Waals surface area contributed by atoms with Crippen LogP contribution in [-0.4, -0.2) is 52.2 Å². The van der Waals surface area contributed by atoms with Crippen LogP contribution >= 0.6 is 0 Å². The average Bonchev–Trinajstić information content (AvgIpc) is 3.54. The van der Waals surface area contributed by atoms with Crippen LogP contribution < -0.4 is 4.74 Å². The number of pyridine rings is 1. The van der Waals surface area contributed by atoms with Crippen molar-refractivity contribution in [3.63, 3.8) is 0 Å². The summed E-state index contributed by atoms with van der Waals surface area (Å²) in [6.07, 6.45) is 6.41. The Morgan fingerprint density at radius 2 is 2.09 bits per heavy atom. The minimum absolute atomic E-state index is 0.0659. The van der Waals surface area contributed by atoms with Crippen molar-refractivity contribution in [3.8, 4) is 17.0 Å². The highest BCUT2D eigenvalue weighted by atomic mass is 32.2. The summed E-state index contributed by atoms with van der Waals surface area (Å²) in [6, 6.07) is 12.7. The third kappa shape index (κ3) is 3.67. The Labute approximate surface area is 186 Å². The van der Waals surface area contributed by atoms with Gasteiger partial charge in [0, 0.05) is 43.2 Å². The number of ether oxygens (including phenoxy) is 1. The predicted octanol–water partition coefficient (Wildman–Crippen LogP) is 3.53. The van der Waals surface area contributed by atoms with Gasteiger partial charge in [-0.2, -0.15) is 9.40 Å². The van der Waals surface area contributed by atoms with Crippen molar-refractivity contribution in [3.05, 3.63) is 61.1 Å². The summed E-state index contributed by atoms with van der Waals surface area (Å²) in [6.45, 7) is 3.20. The molecule has 1 N–H and O–H groups in total. The van der Waals surface area contributed by atoms with E-state index in [0.29, 0.717) is 12.3 Å². The van der Waals surface area contributed by atoms with Gasteiger partial charge in [-0.15, -0.1) is 0 Å². The first-order chi connectivity index (χ1) is 15.5. The maximum absolute atomic E-state index is 13.3. The lowest BCUT2D eigenvalue weighted by molar-refractivity contribution is 0.397. The maximum atomic E-state index is 13.3. The Kier molecular flexibility index (Phi) is 5.22. The standard InChI is InChI=1S/C23H25N5O3S/c1-16-10-17(15-28(16)32(29,30)20-5-3-4-19(11-20)31-2)14-27-9-8-22-23(27)7-6-21(26-22)18-12-24-25-13-18/h3-9,11-13,16-17H,10,14-15H2,1-2H3,(H,24,25)/t16-,17-/m0/s1. The summed E-state index contributed by atoms with van der Waals surface area (Å²) in [4.78, 5) is 5.01. The van der Waals surface area contributed by atoms with Gasteiger partial charge >= 0.3 is 0 Å². The highest BCUT2D eigenvalue weighted by molar-refractivity contribution is 7.89. The molecule has 4 aromatic rings. The van der Waals surface area contributed by atoms with Crippen molar-refractivity contribution >= 4 is 21.1 Å². The van der Waals surface area contributed by atoms with Gasteiger partial charge in [0.25, 0.3) is 0 Å². The molecule has 2 atom stereocenters. The molecule has 0 aliphatic carbocycles. The first-order valence-electron chi connectivity index (χ1n) is 10.6. The van der Waals surface area contributed by atoms with Crippen molar-refractivity contribution in [2.24, 2.45) is 5.92 Å². The Morgan fingerprint density at radius 3 is 2.88 bits per heavy atom. The average molecular weight is 452 g/mol. The zero-order valence-corrected chi connectivity index (χ0v) is 18.8. The SMILES string of the molecule is COc1cccc(S(=O)(=O)N2C[C@H](Cn3ccc4nc(-c5cn[nH]c5)ccc43)C[C@@H]2C)c1. The highest BCUT2D eigenvalue weighted by Crippen LogP contribution is 2.32. The minimum Gasteiger partial charge on any atom is -0.497 e. The van der Waals surface area contributed by atoms with Gasteiger partial charge in [-0.3, -0.25) is 5.10 Å². The molecule has 5 rings (SSSR count). The predicted molar refractivity (Wildman–Crippen MR) is 122 cm³/mol. The van der Waals surface area contributed by atoms with Crippen LogP contribution in [0.1, 0.15) is 13.3 Å². The van der Waals surface area contributed by atoms with Gasteiger partial charge in [0.1, 0.15) is 5.75 Å². The lowest BCUT2D eigenvalue weighted by atomic mass is 10.1. The number of nitrogens with one attached hydrogen (secondary N) is 1. The molecule has 4 heterocycles. The highest BCUT2D eigenvalue weighted by Gasteiger charge is 2.38.